The van der Waals surface area contributed by atoms with Crippen LogP contribution in [0.25, 0.3) is 0 Å². The molecule has 0 amide bonds. The topological polar surface area (TPSA) is 21.3 Å². The van der Waals surface area contributed by atoms with Gasteiger partial charge >= 0.3 is 0 Å². The molecule has 2 aromatic carbocycles. The molecule has 0 heterocycles. The first-order valence-corrected chi connectivity index (χ1v) is 7.72. The average molecular weight is 334 g/mol. The number of ether oxygens (including phenoxy) is 1. The van der Waals surface area contributed by atoms with E-state index in [1.807, 2.05) is 36.4 Å². The van der Waals surface area contributed by atoms with Gasteiger partial charge in [-0.15, -0.1) is 0 Å². The van der Waals surface area contributed by atoms with Gasteiger partial charge < -0.3 is 10.1 Å². The summed E-state index contributed by atoms with van der Waals surface area (Å²) in [6, 6.07) is 18.7. The summed E-state index contributed by atoms with van der Waals surface area (Å²) in [4.78, 5) is 0. The highest BCUT2D eigenvalue weighted by Crippen LogP contribution is 2.17. The largest absolute Gasteiger partial charge is 0.494 e. The number of nitrogens with one attached hydrogen (secondary N) is 1. The molecule has 0 fully saturated rings. The van der Waals surface area contributed by atoms with Gasteiger partial charge in [0.05, 0.1) is 6.61 Å². The monoisotopic (exact) mass is 333 g/mol. The van der Waals surface area contributed by atoms with Crippen molar-refractivity contribution >= 4 is 15.9 Å². The maximum atomic E-state index is 5.67. The highest BCUT2D eigenvalue weighted by molar-refractivity contribution is 9.10. The number of benzene rings is 2. The Kier molecular flexibility index (Phi) is 6.09. The summed E-state index contributed by atoms with van der Waals surface area (Å²) in [7, 11) is 0. The maximum absolute atomic E-state index is 5.67. The van der Waals surface area contributed by atoms with Gasteiger partial charge in [-0.25, -0.2) is 0 Å². The highest BCUT2D eigenvalue weighted by atomic mass is 79.9. The van der Waals surface area contributed by atoms with Crippen LogP contribution in [-0.2, 0) is 0 Å². The average Bonchev–Trinajstić information content (AvgIpc) is 2.48. The fourth-order valence-corrected chi connectivity index (χ4v) is 2.41. The Morgan fingerprint density at radius 2 is 1.90 bits per heavy atom. The van der Waals surface area contributed by atoms with Crippen LogP contribution in [0.1, 0.15) is 24.9 Å². The lowest BCUT2D eigenvalue weighted by atomic mass is 10.1. The fourth-order valence-electron chi connectivity index (χ4n) is 1.99. The lowest BCUT2D eigenvalue weighted by Gasteiger charge is -2.14. The van der Waals surface area contributed by atoms with Crippen molar-refractivity contribution in [2.24, 2.45) is 0 Å². The van der Waals surface area contributed by atoms with Gasteiger partial charge in [0.15, 0.2) is 0 Å². The van der Waals surface area contributed by atoms with E-state index in [1.54, 1.807) is 0 Å². The number of hydrogen-bond acceptors (Lipinski definition) is 2. The van der Waals surface area contributed by atoms with E-state index in [4.69, 9.17) is 4.74 Å². The van der Waals surface area contributed by atoms with Crippen LogP contribution in [-0.4, -0.2) is 13.2 Å². The molecule has 0 spiro atoms. The summed E-state index contributed by atoms with van der Waals surface area (Å²) in [5.41, 5.74) is 1.29. The Balaban J connectivity index is 1.66. The van der Waals surface area contributed by atoms with E-state index in [9.17, 15) is 0 Å². The van der Waals surface area contributed by atoms with Crippen molar-refractivity contribution in [3.8, 4) is 5.75 Å². The third-order valence-corrected chi connectivity index (χ3v) is 3.63. The van der Waals surface area contributed by atoms with E-state index in [0.717, 1.165) is 29.8 Å². The molecule has 2 rings (SSSR count). The Morgan fingerprint density at radius 1 is 1.10 bits per heavy atom. The van der Waals surface area contributed by atoms with Crippen LogP contribution in [0.2, 0.25) is 0 Å². The molecule has 1 atom stereocenters. The summed E-state index contributed by atoms with van der Waals surface area (Å²) in [6.07, 6.45) is 0.993. The van der Waals surface area contributed by atoms with Gasteiger partial charge in [0.25, 0.3) is 0 Å². The number of rotatable bonds is 7. The first-order valence-electron chi connectivity index (χ1n) is 6.92. The van der Waals surface area contributed by atoms with Gasteiger partial charge in [0.2, 0.25) is 0 Å². The SMILES string of the molecule is CC(NCCCOc1ccccc1)c1cccc(Br)c1. The fraction of sp³-hybridized carbons (Fsp3) is 0.294. The molecule has 0 saturated carbocycles. The second-order valence-electron chi connectivity index (χ2n) is 4.75. The Hall–Kier alpha value is -1.32. The summed E-state index contributed by atoms with van der Waals surface area (Å²) in [5, 5.41) is 3.51. The molecule has 0 aromatic heterocycles. The molecular formula is C17H20BrNO. The molecule has 0 aliphatic rings. The minimum Gasteiger partial charge on any atom is -0.494 e. The standard InChI is InChI=1S/C17H20BrNO/c1-14(15-7-5-8-16(18)13-15)19-11-6-12-20-17-9-3-2-4-10-17/h2-5,7-10,13-14,19H,6,11-12H2,1H3. The molecular weight excluding hydrogens is 314 g/mol. The van der Waals surface area contributed by atoms with Crippen molar-refractivity contribution in [2.75, 3.05) is 13.2 Å². The van der Waals surface area contributed by atoms with Crippen LogP contribution < -0.4 is 10.1 Å². The first kappa shape index (κ1) is 15.1. The minimum atomic E-state index is 0.351. The normalized spacial score (nSPS) is 12.1. The summed E-state index contributed by atoms with van der Waals surface area (Å²) in [6.45, 7) is 3.86. The molecule has 106 valence electrons. The van der Waals surface area contributed by atoms with Crippen LogP contribution in [0.15, 0.2) is 59.1 Å². The van der Waals surface area contributed by atoms with Gasteiger partial charge in [-0.3, -0.25) is 0 Å². The predicted octanol–water partition coefficient (Wildman–Crippen LogP) is 4.57. The predicted molar refractivity (Wildman–Crippen MR) is 87.1 cm³/mol. The summed E-state index contributed by atoms with van der Waals surface area (Å²) < 4.78 is 6.79. The van der Waals surface area contributed by atoms with E-state index in [2.05, 4.69) is 46.4 Å². The van der Waals surface area contributed by atoms with Gasteiger partial charge in [0, 0.05) is 10.5 Å². The van der Waals surface area contributed by atoms with E-state index >= 15 is 0 Å². The Morgan fingerprint density at radius 3 is 2.65 bits per heavy atom. The molecule has 0 radical (unpaired) electrons. The van der Waals surface area contributed by atoms with Gasteiger partial charge in [-0.05, 0) is 49.7 Å². The molecule has 1 unspecified atom stereocenters. The summed E-state index contributed by atoms with van der Waals surface area (Å²) >= 11 is 3.50. The second kappa shape index (κ2) is 8.08. The Bertz CT molecular complexity index is 515. The van der Waals surface area contributed by atoms with Crippen LogP contribution in [0.4, 0.5) is 0 Å². The van der Waals surface area contributed by atoms with Crippen LogP contribution in [0, 0.1) is 0 Å². The zero-order valence-corrected chi connectivity index (χ0v) is 13.3. The van der Waals surface area contributed by atoms with Gasteiger partial charge in [-0.2, -0.15) is 0 Å². The maximum Gasteiger partial charge on any atom is 0.119 e. The lowest BCUT2D eigenvalue weighted by Crippen LogP contribution is -2.21. The third-order valence-electron chi connectivity index (χ3n) is 3.13. The molecule has 2 aromatic rings. The van der Waals surface area contributed by atoms with Crippen molar-refractivity contribution in [3.63, 3.8) is 0 Å². The summed E-state index contributed by atoms with van der Waals surface area (Å²) in [5.74, 6) is 0.938. The van der Waals surface area contributed by atoms with E-state index in [0.29, 0.717) is 6.04 Å². The van der Waals surface area contributed by atoms with Crippen molar-refractivity contribution in [3.05, 3.63) is 64.6 Å². The Labute approximate surface area is 129 Å². The van der Waals surface area contributed by atoms with Crippen molar-refractivity contribution in [2.45, 2.75) is 19.4 Å². The number of para-hydroxylation sites is 1. The molecule has 3 heteroatoms. The lowest BCUT2D eigenvalue weighted by molar-refractivity contribution is 0.305. The molecule has 0 bridgehead atoms. The number of hydrogen-bond donors (Lipinski definition) is 1. The zero-order valence-electron chi connectivity index (χ0n) is 11.7. The van der Waals surface area contributed by atoms with Gasteiger partial charge in [-0.1, -0.05) is 46.3 Å². The first-order chi connectivity index (χ1) is 9.75. The minimum absolute atomic E-state index is 0.351. The van der Waals surface area contributed by atoms with E-state index in [-0.39, 0.29) is 0 Å². The second-order valence-corrected chi connectivity index (χ2v) is 5.66. The van der Waals surface area contributed by atoms with Crippen LogP contribution in [0.5, 0.6) is 5.75 Å². The van der Waals surface area contributed by atoms with Crippen molar-refractivity contribution in [1.29, 1.82) is 0 Å². The molecule has 1 N–H and O–H groups in total. The van der Waals surface area contributed by atoms with Gasteiger partial charge in [0.1, 0.15) is 5.75 Å². The van der Waals surface area contributed by atoms with Crippen molar-refractivity contribution in [1.82, 2.24) is 5.32 Å². The molecule has 0 aliphatic heterocycles. The molecule has 2 nitrogen and oxygen atoms in total. The van der Waals surface area contributed by atoms with Crippen LogP contribution in [0.3, 0.4) is 0 Å². The quantitative estimate of drug-likeness (QED) is 0.749. The zero-order chi connectivity index (χ0) is 14.2. The third kappa shape index (κ3) is 4.99. The highest BCUT2D eigenvalue weighted by Gasteiger charge is 2.04. The van der Waals surface area contributed by atoms with E-state index < -0.39 is 0 Å². The van der Waals surface area contributed by atoms with Crippen LogP contribution >= 0.6 is 15.9 Å². The number of halogens is 1. The molecule has 0 saturated heterocycles. The van der Waals surface area contributed by atoms with E-state index in [1.165, 1.54) is 5.56 Å². The smallest absolute Gasteiger partial charge is 0.119 e. The molecule has 0 aliphatic carbocycles. The molecule has 20 heavy (non-hydrogen) atoms. The van der Waals surface area contributed by atoms with Crippen molar-refractivity contribution < 1.29 is 4.74 Å².